The summed E-state index contributed by atoms with van der Waals surface area (Å²) >= 11 is 7.88. The predicted molar refractivity (Wildman–Crippen MR) is 113 cm³/mol. The number of nitrogens with one attached hydrogen (secondary N) is 3. The van der Waals surface area contributed by atoms with Gasteiger partial charge in [0.05, 0.1) is 29.1 Å². The van der Waals surface area contributed by atoms with Gasteiger partial charge in [-0.2, -0.15) is 0 Å². The van der Waals surface area contributed by atoms with E-state index in [1.807, 2.05) is 18.2 Å². The van der Waals surface area contributed by atoms with Crippen LogP contribution in [-0.2, 0) is 14.6 Å². The Labute approximate surface area is 179 Å². The minimum Gasteiger partial charge on any atom is -0.349 e. The van der Waals surface area contributed by atoms with Crippen LogP contribution in [0.25, 0.3) is 0 Å². The molecule has 3 N–H and O–H groups in total. The predicted octanol–water partition coefficient (Wildman–Crippen LogP) is 2.40. The highest BCUT2D eigenvalue weighted by molar-refractivity contribution is 7.99. The third-order valence-electron chi connectivity index (χ3n) is 5.81. The first-order valence-electron chi connectivity index (χ1n) is 9.84. The minimum absolute atomic E-state index is 0.0107. The molecular weight excluding hydrogens is 434 g/mol. The van der Waals surface area contributed by atoms with Crippen molar-refractivity contribution in [3.05, 3.63) is 28.8 Å². The molecule has 1 aromatic carbocycles. The van der Waals surface area contributed by atoms with Crippen LogP contribution in [0.15, 0.2) is 23.1 Å². The highest BCUT2D eigenvalue weighted by Crippen LogP contribution is 2.37. The number of unbranched alkanes of at least 4 members (excludes halogenated alkanes) is 1. The molecule has 2 fully saturated rings. The maximum atomic E-state index is 12.4. The summed E-state index contributed by atoms with van der Waals surface area (Å²) in [6.07, 6.45) is 2.90. The third-order valence-corrected chi connectivity index (χ3v) is 9.44. The number of halogens is 1. The molecule has 3 heterocycles. The summed E-state index contributed by atoms with van der Waals surface area (Å²) in [7, 11) is -3.22. The second kappa shape index (κ2) is 8.35. The van der Waals surface area contributed by atoms with Crippen molar-refractivity contribution in [3.8, 4) is 0 Å². The summed E-state index contributed by atoms with van der Waals surface area (Å²) in [5, 5.41) is 8.57. The van der Waals surface area contributed by atoms with Crippen LogP contribution in [0.3, 0.4) is 0 Å². The van der Waals surface area contributed by atoms with Gasteiger partial charge < -0.3 is 16.0 Å². The molecule has 1 aromatic rings. The lowest BCUT2D eigenvalue weighted by atomic mass is 10.0. The van der Waals surface area contributed by atoms with Crippen LogP contribution in [0.5, 0.6) is 0 Å². The molecule has 3 aliphatic heterocycles. The van der Waals surface area contributed by atoms with E-state index in [2.05, 4.69) is 16.0 Å². The Morgan fingerprint density at radius 2 is 2.10 bits per heavy atom. The Kier molecular flexibility index (Phi) is 5.99. The van der Waals surface area contributed by atoms with Crippen LogP contribution < -0.4 is 16.0 Å². The smallest absolute Gasteiger partial charge is 0.315 e. The average Bonchev–Trinajstić information content (AvgIpc) is 3.11. The van der Waals surface area contributed by atoms with Gasteiger partial charge in [0.2, 0.25) is 5.91 Å². The number of carbonyl (C=O) groups excluding carboxylic acids is 2. The Morgan fingerprint density at radius 1 is 1.28 bits per heavy atom. The second-order valence-electron chi connectivity index (χ2n) is 7.80. The number of urea groups is 1. The molecule has 0 aliphatic carbocycles. The average molecular weight is 458 g/mol. The van der Waals surface area contributed by atoms with E-state index < -0.39 is 15.1 Å². The summed E-state index contributed by atoms with van der Waals surface area (Å²) < 4.78 is 24.7. The number of amides is 3. The van der Waals surface area contributed by atoms with Crippen molar-refractivity contribution in [2.45, 2.75) is 60.4 Å². The summed E-state index contributed by atoms with van der Waals surface area (Å²) in [6.45, 7) is 0. The minimum atomic E-state index is -3.22. The molecule has 29 heavy (non-hydrogen) atoms. The Morgan fingerprint density at radius 3 is 2.93 bits per heavy atom. The van der Waals surface area contributed by atoms with E-state index in [1.165, 1.54) is 0 Å². The van der Waals surface area contributed by atoms with Crippen molar-refractivity contribution in [2.75, 3.05) is 11.5 Å². The van der Waals surface area contributed by atoms with Crippen LogP contribution in [0.1, 0.15) is 43.7 Å². The van der Waals surface area contributed by atoms with Crippen LogP contribution in [-0.4, -0.2) is 49.2 Å². The Hall–Kier alpha value is -1.45. The third kappa shape index (κ3) is 4.51. The molecule has 4 rings (SSSR count). The van der Waals surface area contributed by atoms with E-state index in [1.54, 1.807) is 11.8 Å². The molecule has 10 heteroatoms. The zero-order valence-electron chi connectivity index (χ0n) is 15.8. The Bertz CT molecular complexity index is 924. The molecule has 3 aliphatic rings. The number of hydrogen-bond donors (Lipinski definition) is 3. The van der Waals surface area contributed by atoms with Crippen molar-refractivity contribution in [2.24, 2.45) is 0 Å². The van der Waals surface area contributed by atoms with Gasteiger partial charge in [-0.3, -0.25) is 4.79 Å². The number of carbonyl (C=O) groups is 2. The molecule has 4 atom stereocenters. The monoisotopic (exact) mass is 457 g/mol. The summed E-state index contributed by atoms with van der Waals surface area (Å²) in [6, 6.07) is 4.74. The van der Waals surface area contributed by atoms with Crippen molar-refractivity contribution < 1.29 is 18.0 Å². The summed E-state index contributed by atoms with van der Waals surface area (Å²) in [5.41, 5.74) is 1.06. The van der Waals surface area contributed by atoms with Gasteiger partial charge in [0, 0.05) is 22.1 Å². The van der Waals surface area contributed by atoms with Crippen molar-refractivity contribution in [3.63, 3.8) is 0 Å². The molecule has 0 saturated carbocycles. The van der Waals surface area contributed by atoms with E-state index in [9.17, 15) is 18.0 Å². The molecule has 0 radical (unpaired) electrons. The maximum Gasteiger partial charge on any atom is 0.315 e. The van der Waals surface area contributed by atoms with E-state index >= 15 is 0 Å². The van der Waals surface area contributed by atoms with Crippen molar-refractivity contribution in [1.82, 2.24) is 16.0 Å². The fraction of sp³-hybridized carbons (Fsp3) is 0.579. The van der Waals surface area contributed by atoms with E-state index in [0.29, 0.717) is 30.7 Å². The summed E-state index contributed by atoms with van der Waals surface area (Å²) in [5.74, 6) is 0.904. The molecule has 0 aromatic heterocycles. The maximum absolute atomic E-state index is 12.4. The molecular formula is C19H24ClN3O4S2. The van der Waals surface area contributed by atoms with Gasteiger partial charge in [-0.15, -0.1) is 11.8 Å². The van der Waals surface area contributed by atoms with Gasteiger partial charge in [-0.1, -0.05) is 18.0 Å². The van der Waals surface area contributed by atoms with E-state index in [0.717, 1.165) is 22.6 Å². The molecule has 0 bridgehead atoms. The topological polar surface area (TPSA) is 104 Å². The second-order valence-corrected chi connectivity index (χ2v) is 11.6. The van der Waals surface area contributed by atoms with Crippen molar-refractivity contribution >= 4 is 45.1 Å². The fourth-order valence-corrected chi connectivity index (χ4v) is 7.97. The number of hydrogen-bond acceptors (Lipinski definition) is 5. The zero-order valence-corrected chi connectivity index (χ0v) is 18.2. The van der Waals surface area contributed by atoms with Gasteiger partial charge in [0.1, 0.15) is 0 Å². The van der Waals surface area contributed by atoms with Gasteiger partial charge >= 0.3 is 6.03 Å². The lowest BCUT2D eigenvalue weighted by Gasteiger charge is -2.26. The normalized spacial score (nSPS) is 29.5. The lowest BCUT2D eigenvalue weighted by molar-refractivity contribution is -0.122. The number of sulfone groups is 1. The van der Waals surface area contributed by atoms with Crippen LogP contribution in [0.4, 0.5) is 4.79 Å². The lowest BCUT2D eigenvalue weighted by Crippen LogP contribution is -2.39. The van der Waals surface area contributed by atoms with Gasteiger partial charge in [0.15, 0.2) is 9.84 Å². The number of rotatable bonds is 6. The number of benzene rings is 1. The quantitative estimate of drug-likeness (QED) is 0.449. The molecule has 7 nitrogen and oxygen atoms in total. The van der Waals surface area contributed by atoms with E-state index in [4.69, 9.17) is 11.6 Å². The van der Waals surface area contributed by atoms with Crippen LogP contribution in [0.2, 0.25) is 5.02 Å². The highest BCUT2D eigenvalue weighted by atomic mass is 35.5. The van der Waals surface area contributed by atoms with E-state index in [-0.39, 0.29) is 35.8 Å². The largest absolute Gasteiger partial charge is 0.349 e. The molecule has 0 spiro atoms. The number of fused-ring (bicyclic) bond motifs is 2. The van der Waals surface area contributed by atoms with Crippen LogP contribution in [0, 0.1) is 0 Å². The van der Waals surface area contributed by atoms with Gasteiger partial charge in [-0.25, -0.2) is 13.2 Å². The summed E-state index contributed by atoms with van der Waals surface area (Å²) in [4.78, 5) is 25.0. The highest BCUT2D eigenvalue weighted by Gasteiger charge is 2.51. The first-order valence-corrected chi connectivity index (χ1v) is 12.9. The zero-order chi connectivity index (χ0) is 20.6. The van der Waals surface area contributed by atoms with Gasteiger partial charge in [0.25, 0.3) is 0 Å². The first-order chi connectivity index (χ1) is 13.8. The number of thioether (sulfide) groups is 1. The standard InChI is InChI=1S/C19H24ClN3O4S2/c20-11-5-6-15-12(9-11)13(7-8-28-15)21-17(24)4-2-1-3-16-18-14(10-29(16,26)27)22-19(25)23-18/h5-6,9,13-14,16,18H,1-4,7-8,10H2,(H,21,24)(H2,22,23,25)/t13-,14-,16+,18+/m0/s1. The molecule has 0 unspecified atom stereocenters. The molecule has 158 valence electrons. The van der Waals surface area contributed by atoms with Crippen molar-refractivity contribution in [1.29, 1.82) is 0 Å². The fourth-order valence-electron chi connectivity index (χ4n) is 4.42. The van der Waals surface area contributed by atoms with Crippen LogP contribution >= 0.6 is 23.4 Å². The van der Waals surface area contributed by atoms with Gasteiger partial charge in [-0.05, 0) is 43.0 Å². The SMILES string of the molecule is O=C(CCCC[C@@H]1[C@@H]2NC(=O)N[C@H]2CS1(=O)=O)N[C@H]1CCSc2ccc(Cl)cc21. The first kappa shape index (κ1) is 20.8. The molecule has 2 saturated heterocycles. The Balaban J connectivity index is 1.26. The molecule has 3 amide bonds.